The third kappa shape index (κ3) is 14.6. The Labute approximate surface area is 251 Å². The second-order valence-corrected chi connectivity index (χ2v) is 12.6. The maximum Gasteiger partial charge on any atom is 0.325 e. The number of amides is 5. The maximum atomic E-state index is 13.5. The number of nitrogens with one attached hydrogen (secondary N) is 3. The minimum Gasteiger partial charge on any atom is -0.462 e. The fraction of sp³-hybridized carbons (Fsp3) is 0.800. The summed E-state index contributed by atoms with van der Waals surface area (Å²) in [6.45, 7) is 19.1. The van der Waals surface area contributed by atoms with E-state index >= 15 is 0 Å². The van der Waals surface area contributed by atoms with Gasteiger partial charge in [0.25, 0.3) is 5.91 Å². The van der Waals surface area contributed by atoms with Crippen LogP contribution in [0.15, 0.2) is 0 Å². The van der Waals surface area contributed by atoms with Gasteiger partial charge in [-0.3, -0.25) is 24.0 Å². The lowest BCUT2D eigenvalue weighted by Gasteiger charge is -2.35. The molecule has 1 saturated heterocycles. The van der Waals surface area contributed by atoms with Gasteiger partial charge in [0.15, 0.2) is 0 Å². The first-order valence-corrected chi connectivity index (χ1v) is 15.1. The van der Waals surface area contributed by atoms with E-state index in [1.807, 2.05) is 13.8 Å². The van der Waals surface area contributed by atoms with E-state index in [1.165, 1.54) is 4.90 Å². The number of likely N-dealkylation sites (tertiary alicyclic amines) is 1. The molecule has 0 aromatic carbocycles. The molecule has 2 unspecified atom stereocenters. The van der Waals surface area contributed by atoms with Gasteiger partial charge in [-0.15, -0.1) is 0 Å². The first-order valence-electron chi connectivity index (χ1n) is 15.1. The van der Waals surface area contributed by atoms with Crippen molar-refractivity contribution in [2.24, 2.45) is 23.0 Å². The summed E-state index contributed by atoms with van der Waals surface area (Å²) in [7, 11) is 0. The Kier molecular flexibility index (Phi) is 17.0. The van der Waals surface area contributed by atoms with Crippen LogP contribution in [0.25, 0.3) is 0 Å². The molecule has 12 nitrogen and oxygen atoms in total. The van der Waals surface area contributed by atoms with Gasteiger partial charge in [-0.2, -0.15) is 0 Å². The molecule has 1 saturated carbocycles. The highest BCUT2D eigenvalue weighted by Gasteiger charge is 2.43. The number of ether oxygens (including phenoxy) is 1. The zero-order valence-electron chi connectivity index (χ0n) is 27.3. The standard InChI is InChI=1S/C24H39N5O7.C4H10.C2H6/c1-13(2)36-17(30)12-26-23(35)28-19(24(3,4)5)22(34)29-10-6-7-16(29)21(33)27-15(11-14-8-9-14)18(31)20(25)32;1-4(2)3;1-2/h13-16,19H,6-12H2,1-5H3,(H2,25,32)(H,27,33)(H2,26,28,35);4H,1-3H3;1-2H3/t15?,16-,19?;;/m0../s1. The van der Waals surface area contributed by atoms with Gasteiger partial charge in [-0.25, -0.2) is 4.79 Å². The van der Waals surface area contributed by atoms with Crippen molar-refractivity contribution in [3.05, 3.63) is 0 Å². The molecule has 12 heteroatoms. The normalized spacial score (nSPS) is 17.5. The second kappa shape index (κ2) is 18.4. The molecule has 242 valence electrons. The first kappa shape index (κ1) is 38.8. The van der Waals surface area contributed by atoms with Crippen LogP contribution in [0.3, 0.4) is 0 Å². The average molecular weight is 598 g/mol. The Morgan fingerprint density at radius 3 is 1.93 bits per heavy atom. The summed E-state index contributed by atoms with van der Waals surface area (Å²) in [6.07, 6.45) is 2.78. The third-order valence-electron chi connectivity index (χ3n) is 6.13. The van der Waals surface area contributed by atoms with Crippen molar-refractivity contribution < 1.29 is 33.5 Å². The molecule has 1 heterocycles. The SMILES string of the molecule is CC.CC(C)C.CC(C)OC(=O)CNC(=O)NC(C(=O)N1CCC[C@H]1C(=O)NC(CC1CC1)C(=O)C(N)=O)C(C)(C)C. The number of esters is 1. The number of primary amides is 1. The van der Waals surface area contributed by atoms with E-state index in [0.29, 0.717) is 25.8 Å². The molecule has 5 N–H and O–H groups in total. The predicted molar refractivity (Wildman–Crippen MR) is 161 cm³/mol. The van der Waals surface area contributed by atoms with E-state index in [1.54, 1.807) is 34.6 Å². The summed E-state index contributed by atoms with van der Waals surface area (Å²) >= 11 is 0. The molecular formula is C30H55N5O7. The first-order chi connectivity index (χ1) is 19.4. The highest BCUT2D eigenvalue weighted by Crippen LogP contribution is 2.34. The van der Waals surface area contributed by atoms with Crippen molar-refractivity contribution in [1.82, 2.24) is 20.9 Å². The summed E-state index contributed by atoms with van der Waals surface area (Å²) in [5, 5.41) is 7.63. The Morgan fingerprint density at radius 2 is 1.48 bits per heavy atom. The molecule has 42 heavy (non-hydrogen) atoms. The zero-order chi connectivity index (χ0) is 32.8. The monoisotopic (exact) mass is 597 g/mol. The number of nitrogens with zero attached hydrogens (tertiary/aromatic N) is 1. The maximum absolute atomic E-state index is 13.5. The number of hydrogen-bond acceptors (Lipinski definition) is 7. The van der Waals surface area contributed by atoms with Crippen LogP contribution >= 0.6 is 0 Å². The Morgan fingerprint density at radius 1 is 0.929 bits per heavy atom. The second-order valence-electron chi connectivity index (χ2n) is 12.6. The van der Waals surface area contributed by atoms with Crippen LogP contribution in [0.5, 0.6) is 0 Å². The highest BCUT2D eigenvalue weighted by molar-refractivity contribution is 6.37. The van der Waals surface area contributed by atoms with Gasteiger partial charge in [-0.1, -0.05) is 68.2 Å². The zero-order valence-corrected chi connectivity index (χ0v) is 27.3. The van der Waals surface area contributed by atoms with Gasteiger partial charge in [0, 0.05) is 6.54 Å². The molecule has 1 aliphatic heterocycles. The van der Waals surface area contributed by atoms with Gasteiger partial charge in [0.1, 0.15) is 18.6 Å². The fourth-order valence-electron chi connectivity index (χ4n) is 4.11. The van der Waals surface area contributed by atoms with E-state index in [4.69, 9.17) is 10.5 Å². The van der Waals surface area contributed by atoms with Crippen LogP contribution in [-0.2, 0) is 28.7 Å². The lowest BCUT2D eigenvalue weighted by Crippen LogP contribution is -2.60. The average Bonchev–Trinajstić information content (AvgIpc) is 3.55. The van der Waals surface area contributed by atoms with Gasteiger partial charge >= 0.3 is 12.0 Å². The van der Waals surface area contributed by atoms with E-state index in [2.05, 4.69) is 36.7 Å². The topological polar surface area (TPSA) is 177 Å². The van der Waals surface area contributed by atoms with Crippen LogP contribution < -0.4 is 21.7 Å². The summed E-state index contributed by atoms with van der Waals surface area (Å²) in [6, 6.07) is -3.59. The van der Waals surface area contributed by atoms with E-state index in [0.717, 1.165) is 18.8 Å². The molecule has 0 aromatic rings. The molecule has 2 fully saturated rings. The van der Waals surface area contributed by atoms with Gasteiger partial charge in [0.05, 0.1) is 12.1 Å². The van der Waals surface area contributed by atoms with E-state index in [-0.39, 0.29) is 18.6 Å². The van der Waals surface area contributed by atoms with Crippen LogP contribution in [0.1, 0.15) is 101 Å². The largest absolute Gasteiger partial charge is 0.462 e. The van der Waals surface area contributed by atoms with Crippen molar-refractivity contribution in [2.75, 3.05) is 13.1 Å². The van der Waals surface area contributed by atoms with Crippen LogP contribution in [-0.4, -0.2) is 77.7 Å². The lowest BCUT2D eigenvalue weighted by molar-refractivity contribution is -0.146. The van der Waals surface area contributed by atoms with Gasteiger partial charge < -0.3 is 31.3 Å². The van der Waals surface area contributed by atoms with Crippen molar-refractivity contribution in [3.8, 4) is 0 Å². The van der Waals surface area contributed by atoms with Gasteiger partial charge in [0.2, 0.25) is 17.6 Å². The van der Waals surface area contributed by atoms with Crippen molar-refractivity contribution in [2.45, 2.75) is 126 Å². The number of carbonyl (C=O) groups is 6. The molecule has 3 atom stereocenters. The van der Waals surface area contributed by atoms with E-state index < -0.39 is 59.0 Å². The predicted octanol–water partition coefficient (Wildman–Crippen LogP) is 2.67. The molecular weight excluding hydrogens is 542 g/mol. The van der Waals surface area contributed by atoms with Crippen molar-refractivity contribution in [3.63, 3.8) is 0 Å². The van der Waals surface area contributed by atoms with Crippen LogP contribution in [0.4, 0.5) is 4.79 Å². The minimum absolute atomic E-state index is 0.255. The van der Waals surface area contributed by atoms with Crippen molar-refractivity contribution in [1.29, 1.82) is 0 Å². The molecule has 2 rings (SSSR count). The third-order valence-corrected chi connectivity index (χ3v) is 6.13. The number of carbonyl (C=O) groups excluding carboxylic acids is 6. The fourth-order valence-corrected chi connectivity index (χ4v) is 4.11. The number of rotatable bonds is 11. The summed E-state index contributed by atoms with van der Waals surface area (Å²) < 4.78 is 4.98. The quantitative estimate of drug-likeness (QED) is 0.209. The molecule has 1 aliphatic carbocycles. The Balaban J connectivity index is 0.00000257. The van der Waals surface area contributed by atoms with Gasteiger partial charge in [-0.05, 0) is 50.4 Å². The number of nitrogens with two attached hydrogens (primary N) is 1. The molecule has 2 aliphatic rings. The summed E-state index contributed by atoms with van der Waals surface area (Å²) in [4.78, 5) is 75.9. The Bertz CT molecular complexity index is 923. The molecule has 0 spiro atoms. The molecule has 5 amide bonds. The molecule has 0 bridgehead atoms. The van der Waals surface area contributed by atoms with E-state index in [9.17, 15) is 28.8 Å². The Hall–Kier alpha value is -3.18. The number of hydrogen-bond donors (Lipinski definition) is 4. The number of Topliss-reactive ketones (excluding diaryl/α,β-unsaturated/α-hetero) is 1. The number of ketones is 1. The lowest BCUT2D eigenvalue weighted by atomic mass is 9.85. The molecule has 0 aromatic heterocycles. The van der Waals surface area contributed by atoms with Crippen molar-refractivity contribution >= 4 is 35.5 Å². The summed E-state index contributed by atoms with van der Waals surface area (Å²) in [5.41, 5.74) is 4.44. The highest BCUT2D eigenvalue weighted by atomic mass is 16.5. The minimum atomic E-state index is -1.11. The molecule has 0 radical (unpaired) electrons. The number of urea groups is 1. The van der Waals surface area contributed by atoms with Crippen LogP contribution in [0.2, 0.25) is 0 Å². The smallest absolute Gasteiger partial charge is 0.325 e. The summed E-state index contributed by atoms with van der Waals surface area (Å²) in [5.74, 6) is -2.48. The van der Waals surface area contributed by atoms with Crippen LogP contribution in [0, 0.1) is 17.3 Å².